The van der Waals surface area contributed by atoms with Gasteiger partial charge in [-0.1, -0.05) is 24.9 Å². The van der Waals surface area contributed by atoms with Gasteiger partial charge in [-0.15, -0.1) is 0 Å². The van der Waals surface area contributed by atoms with Crippen molar-refractivity contribution in [3.05, 3.63) is 28.8 Å². The first-order chi connectivity index (χ1) is 7.72. The third kappa shape index (κ3) is 2.22. The Morgan fingerprint density at radius 3 is 3.06 bits per heavy atom. The normalized spacial score (nSPS) is 14.0. The Morgan fingerprint density at radius 1 is 1.50 bits per heavy atom. The SMILES string of the molecule is CCCCC(=O)N1CCc2cc(Cl)ccc21. The van der Waals surface area contributed by atoms with Gasteiger partial charge in [0.15, 0.2) is 0 Å². The van der Waals surface area contributed by atoms with Crippen LogP contribution in [0.5, 0.6) is 0 Å². The van der Waals surface area contributed by atoms with Gasteiger partial charge in [0.25, 0.3) is 0 Å². The van der Waals surface area contributed by atoms with Crippen LogP contribution in [-0.2, 0) is 11.2 Å². The highest BCUT2D eigenvalue weighted by molar-refractivity contribution is 6.30. The first kappa shape index (κ1) is 11.5. The number of carbonyl (C=O) groups excluding carboxylic acids is 1. The summed E-state index contributed by atoms with van der Waals surface area (Å²) >= 11 is 5.93. The fourth-order valence-electron chi connectivity index (χ4n) is 2.09. The monoisotopic (exact) mass is 237 g/mol. The van der Waals surface area contributed by atoms with E-state index in [2.05, 4.69) is 6.92 Å². The Bertz CT molecular complexity index is 403. The number of hydrogen-bond donors (Lipinski definition) is 0. The Morgan fingerprint density at radius 2 is 2.31 bits per heavy atom. The second-order valence-electron chi connectivity index (χ2n) is 4.17. The van der Waals surface area contributed by atoms with Gasteiger partial charge < -0.3 is 4.90 Å². The van der Waals surface area contributed by atoms with Crippen molar-refractivity contribution in [2.45, 2.75) is 32.6 Å². The highest BCUT2D eigenvalue weighted by Crippen LogP contribution is 2.30. The minimum Gasteiger partial charge on any atom is -0.312 e. The molecular weight excluding hydrogens is 222 g/mol. The van der Waals surface area contributed by atoms with Crippen molar-refractivity contribution in [1.29, 1.82) is 0 Å². The molecule has 1 aliphatic rings. The van der Waals surface area contributed by atoms with Gasteiger partial charge in [0.1, 0.15) is 0 Å². The smallest absolute Gasteiger partial charge is 0.226 e. The molecule has 1 aromatic rings. The zero-order valence-corrected chi connectivity index (χ0v) is 10.3. The summed E-state index contributed by atoms with van der Waals surface area (Å²) in [6.07, 6.45) is 3.61. The predicted octanol–water partition coefficient (Wildman–Crippen LogP) is 3.42. The number of amides is 1. The van der Waals surface area contributed by atoms with Crippen molar-refractivity contribution >= 4 is 23.2 Å². The summed E-state index contributed by atoms with van der Waals surface area (Å²) < 4.78 is 0. The van der Waals surface area contributed by atoms with Crippen LogP contribution in [0, 0.1) is 0 Å². The third-order valence-electron chi connectivity index (χ3n) is 2.98. The number of anilines is 1. The summed E-state index contributed by atoms with van der Waals surface area (Å²) in [5.41, 5.74) is 2.24. The summed E-state index contributed by atoms with van der Waals surface area (Å²) in [6.45, 7) is 2.91. The molecule has 0 fully saturated rings. The lowest BCUT2D eigenvalue weighted by molar-refractivity contribution is -0.118. The van der Waals surface area contributed by atoms with Crippen molar-refractivity contribution in [1.82, 2.24) is 0 Å². The molecule has 0 bridgehead atoms. The molecular formula is C13H16ClNO. The summed E-state index contributed by atoms with van der Waals surface area (Å²) in [7, 11) is 0. The lowest BCUT2D eigenvalue weighted by Gasteiger charge is -2.17. The average Bonchev–Trinajstić information content (AvgIpc) is 2.68. The van der Waals surface area contributed by atoms with E-state index >= 15 is 0 Å². The lowest BCUT2D eigenvalue weighted by atomic mass is 10.2. The summed E-state index contributed by atoms with van der Waals surface area (Å²) in [5.74, 6) is 0.239. The van der Waals surface area contributed by atoms with E-state index in [1.54, 1.807) is 0 Å². The first-order valence-electron chi connectivity index (χ1n) is 5.81. The van der Waals surface area contributed by atoms with Gasteiger partial charge in [0.2, 0.25) is 5.91 Å². The third-order valence-corrected chi connectivity index (χ3v) is 3.22. The number of fused-ring (bicyclic) bond motifs is 1. The number of benzene rings is 1. The second-order valence-corrected chi connectivity index (χ2v) is 4.61. The minimum atomic E-state index is 0.239. The van der Waals surface area contributed by atoms with Crippen LogP contribution in [0.2, 0.25) is 5.02 Å². The number of unbranched alkanes of at least 4 members (excludes halogenated alkanes) is 1. The molecule has 2 rings (SSSR count). The van der Waals surface area contributed by atoms with E-state index < -0.39 is 0 Å². The van der Waals surface area contributed by atoms with Crippen molar-refractivity contribution in [2.75, 3.05) is 11.4 Å². The maximum atomic E-state index is 11.9. The van der Waals surface area contributed by atoms with E-state index in [1.165, 1.54) is 5.56 Å². The van der Waals surface area contributed by atoms with Gasteiger partial charge in [-0.2, -0.15) is 0 Å². The molecule has 0 saturated carbocycles. The molecule has 3 heteroatoms. The molecule has 0 spiro atoms. The standard InChI is InChI=1S/C13H16ClNO/c1-2-3-4-13(16)15-8-7-10-9-11(14)5-6-12(10)15/h5-6,9H,2-4,7-8H2,1H3. The lowest BCUT2D eigenvalue weighted by Crippen LogP contribution is -2.28. The highest BCUT2D eigenvalue weighted by Gasteiger charge is 2.23. The molecule has 1 heterocycles. The van der Waals surface area contributed by atoms with Crippen molar-refractivity contribution in [3.8, 4) is 0 Å². The van der Waals surface area contributed by atoms with Crippen LogP contribution in [0.1, 0.15) is 31.7 Å². The van der Waals surface area contributed by atoms with Crippen molar-refractivity contribution in [3.63, 3.8) is 0 Å². The number of nitrogens with zero attached hydrogens (tertiary/aromatic N) is 1. The maximum absolute atomic E-state index is 11.9. The highest BCUT2D eigenvalue weighted by atomic mass is 35.5. The summed E-state index contributed by atoms with van der Waals surface area (Å²) in [6, 6.07) is 5.77. The molecule has 0 radical (unpaired) electrons. The molecule has 0 unspecified atom stereocenters. The minimum absolute atomic E-state index is 0.239. The van der Waals surface area contributed by atoms with Crippen LogP contribution in [0.3, 0.4) is 0 Å². The van der Waals surface area contributed by atoms with Gasteiger partial charge in [-0.25, -0.2) is 0 Å². The molecule has 1 aliphatic heterocycles. The van der Waals surface area contributed by atoms with E-state index in [-0.39, 0.29) is 5.91 Å². The van der Waals surface area contributed by atoms with Crippen LogP contribution in [-0.4, -0.2) is 12.5 Å². The van der Waals surface area contributed by atoms with Gasteiger partial charge in [0, 0.05) is 23.7 Å². The number of hydrogen-bond acceptors (Lipinski definition) is 1. The largest absolute Gasteiger partial charge is 0.312 e. The second kappa shape index (κ2) is 4.88. The van der Waals surface area contributed by atoms with Crippen LogP contribution >= 0.6 is 11.6 Å². The molecule has 1 aromatic carbocycles. The Labute approximate surface area is 101 Å². The van der Waals surface area contributed by atoms with E-state index in [0.29, 0.717) is 6.42 Å². The Hall–Kier alpha value is -1.02. The van der Waals surface area contributed by atoms with Crippen molar-refractivity contribution in [2.24, 2.45) is 0 Å². The predicted molar refractivity (Wildman–Crippen MR) is 67.0 cm³/mol. The number of carbonyl (C=O) groups is 1. The van der Waals surface area contributed by atoms with Gasteiger partial charge in [0.05, 0.1) is 0 Å². The van der Waals surface area contributed by atoms with Gasteiger partial charge >= 0.3 is 0 Å². The quantitative estimate of drug-likeness (QED) is 0.789. The van der Waals surface area contributed by atoms with Gasteiger partial charge in [-0.05, 0) is 36.6 Å². The van der Waals surface area contributed by atoms with E-state index in [9.17, 15) is 4.79 Å². The molecule has 0 aromatic heterocycles. The van der Waals surface area contributed by atoms with Crippen LogP contribution in [0.15, 0.2) is 18.2 Å². The molecule has 86 valence electrons. The zero-order chi connectivity index (χ0) is 11.5. The van der Waals surface area contributed by atoms with E-state index in [1.807, 2.05) is 23.1 Å². The molecule has 0 atom stereocenters. The molecule has 0 aliphatic carbocycles. The molecule has 16 heavy (non-hydrogen) atoms. The molecule has 1 amide bonds. The van der Waals surface area contributed by atoms with Crippen LogP contribution in [0.4, 0.5) is 5.69 Å². The molecule has 0 saturated heterocycles. The van der Waals surface area contributed by atoms with E-state index in [4.69, 9.17) is 11.6 Å². The van der Waals surface area contributed by atoms with Crippen LogP contribution in [0.25, 0.3) is 0 Å². The number of halogens is 1. The summed E-state index contributed by atoms with van der Waals surface area (Å²) in [5, 5.41) is 0.751. The number of rotatable bonds is 3. The summed E-state index contributed by atoms with van der Waals surface area (Å²) in [4.78, 5) is 13.8. The Kier molecular flexibility index (Phi) is 3.49. The average molecular weight is 238 g/mol. The topological polar surface area (TPSA) is 20.3 Å². The fraction of sp³-hybridized carbons (Fsp3) is 0.462. The Balaban J connectivity index is 2.14. The molecule has 0 N–H and O–H groups in total. The van der Waals surface area contributed by atoms with Crippen LogP contribution < -0.4 is 4.90 Å². The zero-order valence-electron chi connectivity index (χ0n) is 9.50. The van der Waals surface area contributed by atoms with E-state index in [0.717, 1.165) is 36.5 Å². The first-order valence-corrected chi connectivity index (χ1v) is 6.19. The van der Waals surface area contributed by atoms with Gasteiger partial charge in [-0.3, -0.25) is 4.79 Å². The van der Waals surface area contributed by atoms with Crippen molar-refractivity contribution < 1.29 is 4.79 Å². The fourth-order valence-corrected chi connectivity index (χ4v) is 2.29. The molecule has 2 nitrogen and oxygen atoms in total. The maximum Gasteiger partial charge on any atom is 0.226 e.